The molecule has 0 aliphatic carbocycles. The minimum Gasteiger partial charge on any atom is -0.550 e. The van der Waals surface area contributed by atoms with Gasteiger partial charge in [0.25, 0.3) is 5.56 Å². The van der Waals surface area contributed by atoms with Crippen molar-refractivity contribution in [1.82, 2.24) is 18.7 Å². The smallest absolute Gasteiger partial charge is 0.332 e. The third-order valence-corrected chi connectivity index (χ3v) is 3.21. The maximum absolute atomic E-state index is 12.3. The van der Waals surface area contributed by atoms with Crippen LogP contribution in [0.15, 0.2) is 15.9 Å². The number of unbranched alkanes of at least 4 members (excludes halogenated alkanes) is 1. The summed E-state index contributed by atoms with van der Waals surface area (Å²) in [4.78, 5) is 38.7. The van der Waals surface area contributed by atoms with Crippen molar-refractivity contribution in [3.63, 3.8) is 0 Å². The molecule has 0 saturated heterocycles. The molecule has 0 atom stereocenters. The van der Waals surface area contributed by atoms with Crippen molar-refractivity contribution in [3.05, 3.63) is 27.2 Å². The Bertz CT molecular complexity index is 768. The Morgan fingerprint density at radius 1 is 1.30 bits per heavy atom. The van der Waals surface area contributed by atoms with Crippen molar-refractivity contribution in [2.45, 2.75) is 25.8 Å². The lowest BCUT2D eigenvalue weighted by Gasteiger charge is -2.08. The number of imidazole rings is 1. The molecule has 0 spiro atoms. The maximum Gasteiger partial charge on any atom is 0.332 e. The highest BCUT2D eigenvalue weighted by molar-refractivity contribution is 5.69. The molecule has 0 aliphatic rings. The Kier molecular flexibility index (Phi) is 3.73. The number of carboxylic acids is 1. The Balaban J connectivity index is 2.38. The summed E-state index contributed by atoms with van der Waals surface area (Å²) in [6, 6.07) is 0. The van der Waals surface area contributed by atoms with Gasteiger partial charge >= 0.3 is 5.69 Å². The molecule has 0 fully saturated rings. The summed E-state index contributed by atoms with van der Waals surface area (Å²) in [5, 5.41) is 10.3. The fourth-order valence-corrected chi connectivity index (χ4v) is 2.13. The number of rotatable bonds is 5. The molecule has 108 valence electrons. The fourth-order valence-electron chi connectivity index (χ4n) is 2.13. The van der Waals surface area contributed by atoms with Crippen LogP contribution in [0.25, 0.3) is 11.2 Å². The molecule has 0 amide bonds. The number of fused-ring (bicyclic) bond motifs is 1. The molecule has 0 bridgehead atoms. The molecular weight excluding hydrogens is 264 g/mol. The van der Waals surface area contributed by atoms with Gasteiger partial charge in [-0.05, 0) is 19.3 Å². The summed E-state index contributed by atoms with van der Waals surface area (Å²) in [6.45, 7) is 0.180. The molecular formula is C12H15N4O4-. The van der Waals surface area contributed by atoms with E-state index in [2.05, 4.69) is 4.98 Å². The Labute approximate surface area is 113 Å². The van der Waals surface area contributed by atoms with Gasteiger partial charge in [-0.1, -0.05) is 0 Å². The topological polar surface area (TPSA) is 102 Å². The predicted molar refractivity (Wildman–Crippen MR) is 69.1 cm³/mol. The number of carbonyl (C=O) groups is 1. The van der Waals surface area contributed by atoms with E-state index < -0.39 is 17.2 Å². The highest BCUT2D eigenvalue weighted by Gasteiger charge is 2.14. The maximum atomic E-state index is 12.3. The Hall–Kier alpha value is -2.38. The molecule has 0 aliphatic heterocycles. The van der Waals surface area contributed by atoms with E-state index in [9.17, 15) is 19.5 Å². The average molecular weight is 279 g/mol. The number of aryl methyl sites for hydroxylation is 2. The number of hydrogen-bond acceptors (Lipinski definition) is 5. The molecule has 8 nitrogen and oxygen atoms in total. The average Bonchev–Trinajstić information content (AvgIpc) is 2.77. The lowest BCUT2D eigenvalue weighted by molar-refractivity contribution is -0.305. The first kappa shape index (κ1) is 14.0. The third-order valence-electron chi connectivity index (χ3n) is 3.21. The highest BCUT2D eigenvalue weighted by Crippen LogP contribution is 2.03. The molecule has 2 rings (SSSR count). The minimum absolute atomic E-state index is 0.0803. The van der Waals surface area contributed by atoms with Crippen LogP contribution in [0, 0.1) is 0 Å². The van der Waals surface area contributed by atoms with Gasteiger partial charge in [0.15, 0.2) is 11.2 Å². The second-order valence-corrected chi connectivity index (χ2v) is 4.66. The zero-order valence-corrected chi connectivity index (χ0v) is 11.3. The SMILES string of the molecule is Cn1cnc2c1c(=O)n(CCCCC(=O)[O-])c(=O)n2C. The first-order valence-electron chi connectivity index (χ1n) is 6.24. The van der Waals surface area contributed by atoms with Crippen LogP contribution in [0.2, 0.25) is 0 Å². The molecule has 20 heavy (non-hydrogen) atoms. The molecule has 0 unspecified atom stereocenters. The monoisotopic (exact) mass is 279 g/mol. The van der Waals surface area contributed by atoms with Crippen LogP contribution in [-0.4, -0.2) is 24.7 Å². The van der Waals surface area contributed by atoms with Crippen LogP contribution in [0.4, 0.5) is 0 Å². The van der Waals surface area contributed by atoms with Crippen LogP contribution in [0.3, 0.4) is 0 Å². The van der Waals surface area contributed by atoms with E-state index in [1.54, 1.807) is 18.7 Å². The molecule has 8 heteroatoms. The van der Waals surface area contributed by atoms with Gasteiger partial charge in [0, 0.05) is 26.6 Å². The minimum atomic E-state index is -1.13. The van der Waals surface area contributed by atoms with Crippen molar-refractivity contribution in [2.24, 2.45) is 14.1 Å². The third kappa shape index (κ3) is 2.36. The fraction of sp³-hybridized carbons (Fsp3) is 0.500. The number of aliphatic carboxylic acids is 1. The van der Waals surface area contributed by atoms with Gasteiger partial charge in [-0.25, -0.2) is 9.78 Å². The van der Waals surface area contributed by atoms with Crippen LogP contribution in [-0.2, 0) is 25.4 Å². The van der Waals surface area contributed by atoms with Crippen molar-refractivity contribution in [2.75, 3.05) is 0 Å². The zero-order valence-electron chi connectivity index (χ0n) is 11.3. The number of aromatic nitrogens is 4. The van der Waals surface area contributed by atoms with Gasteiger partial charge in [0.05, 0.1) is 6.33 Å². The first-order valence-corrected chi connectivity index (χ1v) is 6.24. The summed E-state index contributed by atoms with van der Waals surface area (Å²) in [5.41, 5.74) is -0.160. The number of nitrogens with zero attached hydrogens (tertiary/aromatic N) is 4. The van der Waals surface area contributed by atoms with Crippen LogP contribution < -0.4 is 16.4 Å². The molecule has 0 aromatic carbocycles. The van der Waals surface area contributed by atoms with E-state index in [1.165, 1.54) is 10.9 Å². The number of carboxylic acid groups (broad SMARTS) is 1. The summed E-state index contributed by atoms with van der Waals surface area (Å²) < 4.78 is 3.99. The van der Waals surface area contributed by atoms with Gasteiger partial charge in [0.2, 0.25) is 0 Å². The first-order chi connectivity index (χ1) is 9.43. The second kappa shape index (κ2) is 5.32. The molecule has 0 saturated carbocycles. The normalized spacial score (nSPS) is 11.1. The Morgan fingerprint density at radius 3 is 2.65 bits per heavy atom. The quantitative estimate of drug-likeness (QED) is 0.610. The lowest BCUT2D eigenvalue weighted by Crippen LogP contribution is -2.39. The number of hydrogen-bond donors (Lipinski definition) is 0. The predicted octanol–water partition coefficient (Wildman–Crippen LogP) is -1.65. The van der Waals surface area contributed by atoms with Gasteiger partial charge in [0.1, 0.15) is 0 Å². The van der Waals surface area contributed by atoms with Crippen LogP contribution in [0.5, 0.6) is 0 Å². The van der Waals surface area contributed by atoms with Crippen molar-refractivity contribution >= 4 is 17.1 Å². The van der Waals surface area contributed by atoms with Crippen molar-refractivity contribution in [3.8, 4) is 0 Å². The van der Waals surface area contributed by atoms with E-state index in [0.29, 0.717) is 24.0 Å². The van der Waals surface area contributed by atoms with E-state index in [4.69, 9.17) is 0 Å². The van der Waals surface area contributed by atoms with Gasteiger partial charge in [-0.2, -0.15) is 0 Å². The van der Waals surface area contributed by atoms with E-state index in [-0.39, 0.29) is 13.0 Å². The molecule has 2 heterocycles. The Morgan fingerprint density at radius 2 is 2.00 bits per heavy atom. The lowest BCUT2D eigenvalue weighted by atomic mass is 10.2. The van der Waals surface area contributed by atoms with Gasteiger partial charge < -0.3 is 14.5 Å². The van der Waals surface area contributed by atoms with Crippen molar-refractivity contribution < 1.29 is 9.90 Å². The van der Waals surface area contributed by atoms with Gasteiger partial charge in [-0.15, -0.1) is 0 Å². The molecule has 2 aromatic heterocycles. The molecule has 2 aromatic rings. The highest BCUT2D eigenvalue weighted by atomic mass is 16.4. The van der Waals surface area contributed by atoms with Crippen LogP contribution in [0.1, 0.15) is 19.3 Å². The van der Waals surface area contributed by atoms with Gasteiger partial charge in [-0.3, -0.25) is 13.9 Å². The van der Waals surface area contributed by atoms with Crippen molar-refractivity contribution in [1.29, 1.82) is 0 Å². The summed E-state index contributed by atoms with van der Waals surface area (Å²) >= 11 is 0. The zero-order chi connectivity index (χ0) is 14.9. The summed E-state index contributed by atoms with van der Waals surface area (Å²) in [5.74, 6) is -1.13. The standard InChI is InChI=1S/C12H16N4O4/c1-14-7-13-10-9(14)11(19)16(12(20)15(10)2)6-4-3-5-8(17)18/h7H,3-6H2,1-2H3,(H,17,18)/p-1. The van der Waals surface area contributed by atoms with E-state index >= 15 is 0 Å². The molecule has 0 N–H and O–H groups in total. The van der Waals surface area contributed by atoms with Crippen LogP contribution >= 0.6 is 0 Å². The van der Waals surface area contributed by atoms with E-state index in [0.717, 1.165) is 4.57 Å². The number of carbonyl (C=O) groups excluding carboxylic acids is 1. The summed E-state index contributed by atoms with van der Waals surface area (Å²) in [6.07, 6.45) is 2.18. The summed E-state index contributed by atoms with van der Waals surface area (Å²) in [7, 11) is 3.23. The second-order valence-electron chi connectivity index (χ2n) is 4.66. The largest absolute Gasteiger partial charge is 0.550 e. The molecule has 0 radical (unpaired) electrons. The van der Waals surface area contributed by atoms with E-state index in [1.807, 2.05) is 0 Å².